The van der Waals surface area contributed by atoms with Crippen molar-refractivity contribution in [1.82, 2.24) is 4.90 Å². The molecular weight excluding hydrogens is 373 g/mol. The number of carbonyl (C=O) groups is 2. The van der Waals surface area contributed by atoms with Crippen LogP contribution in [-0.4, -0.2) is 36.9 Å². The smallest absolute Gasteiger partial charge is 0.238 e. The topological polar surface area (TPSA) is 61.4 Å². The second-order valence-corrected chi connectivity index (χ2v) is 6.92. The van der Waals surface area contributed by atoms with Gasteiger partial charge in [0.15, 0.2) is 0 Å². The summed E-state index contributed by atoms with van der Waals surface area (Å²) in [6, 6.07) is 12.5. The molecule has 138 valence electrons. The molecule has 0 saturated carbocycles. The number of anilines is 2. The lowest BCUT2D eigenvalue weighted by molar-refractivity contribution is -0.119. The maximum absolute atomic E-state index is 12.0. The van der Waals surface area contributed by atoms with Gasteiger partial charge in [0.25, 0.3) is 0 Å². The summed E-state index contributed by atoms with van der Waals surface area (Å²) in [6.45, 7) is 2.62. The highest BCUT2D eigenvalue weighted by atomic mass is 35.5. The van der Waals surface area contributed by atoms with Crippen LogP contribution < -0.4 is 10.6 Å². The van der Waals surface area contributed by atoms with E-state index in [0.29, 0.717) is 22.3 Å². The van der Waals surface area contributed by atoms with Crippen molar-refractivity contribution in [3.63, 3.8) is 0 Å². The van der Waals surface area contributed by atoms with Crippen LogP contribution in [0.3, 0.4) is 0 Å². The zero-order valence-corrected chi connectivity index (χ0v) is 16.2. The van der Waals surface area contributed by atoms with Crippen LogP contribution in [0.1, 0.15) is 12.0 Å². The van der Waals surface area contributed by atoms with Crippen LogP contribution in [-0.2, 0) is 9.59 Å². The summed E-state index contributed by atoms with van der Waals surface area (Å²) in [7, 11) is 1.79. The molecule has 0 atom stereocenters. The number of nitrogens with one attached hydrogen (secondary N) is 2. The summed E-state index contributed by atoms with van der Waals surface area (Å²) in [6.07, 6.45) is 0.233. The van der Waals surface area contributed by atoms with Crippen LogP contribution in [0.15, 0.2) is 42.5 Å². The van der Waals surface area contributed by atoms with Gasteiger partial charge in [-0.05, 0) is 44.3 Å². The lowest BCUT2D eigenvalue weighted by Crippen LogP contribution is -2.32. The van der Waals surface area contributed by atoms with Crippen LogP contribution in [0.2, 0.25) is 10.0 Å². The summed E-state index contributed by atoms with van der Waals surface area (Å²) in [4.78, 5) is 25.9. The third-order valence-corrected chi connectivity index (χ3v) is 4.24. The van der Waals surface area contributed by atoms with E-state index in [9.17, 15) is 9.59 Å². The molecule has 2 aromatic rings. The zero-order chi connectivity index (χ0) is 19.1. The monoisotopic (exact) mass is 393 g/mol. The number of likely N-dealkylation sites (N-methyl/N-ethyl adjacent to an activating group) is 1. The number of amides is 2. The van der Waals surface area contributed by atoms with Crippen molar-refractivity contribution in [2.45, 2.75) is 13.3 Å². The lowest BCUT2D eigenvalue weighted by Gasteiger charge is -2.16. The molecule has 2 rings (SSSR count). The predicted octanol–water partition coefficient (Wildman–Crippen LogP) is 4.20. The number of hydrogen-bond donors (Lipinski definition) is 2. The molecule has 0 bridgehead atoms. The van der Waals surface area contributed by atoms with Gasteiger partial charge in [-0.25, -0.2) is 0 Å². The average Bonchev–Trinajstić information content (AvgIpc) is 2.58. The van der Waals surface area contributed by atoms with Gasteiger partial charge in [-0.3, -0.25) is 14.5 Å². The van der Waals surface area contributed by atoms with E-state index in [1.54, 1.807) is 30.1 Å². The maximum Gasteiger partial charge on any atom is 0.238 e. The second-order valence-electron chi connectivity index (χ2n) is 6.07. The molecule has 0 aliphatic carbocycles. The van der Waals surface area contributed by atoms with Crippen molar-refractivity contribution < 1.29 is 9.59 Å². The number of carbonyl (C=O) groups excluding carboxylic acids is 2. The van der Waals surface area contributed by atoms with Crippen molar-refractivity contribution in [3.8, 4) is 0 Å². The molecule has 0 fully saturated rings. The summed E-state index contributed by atoms with van der Waals surface area (Å²) < 4.78 is 0. The van der Waals surface area contributed by atoms with Crippen molar-refractivity contribution in [1.29, 1.82) is 0 Å². The van der Waals surface area contributed by atoms with Gasteiger partial charge in [0.05, 0.1) is 17.3 Å². The normalized spacial score (nSPS) is 10.7. The van der Waals surface area contributed by atoms with Gasteiger partial charge in [-0.1, -0.05) is 40.9 Å². The minimum Gasteiger partial charge on any atom is -0.325 e. The maximum atomic E-state index is 12.0. The van der Waals surface area contributed by atoms with E-state index in [1.165, 1.54) is 0 Å². The fraction of sp³-hybridized carbons (Fsp3) is 0.263. The molecule has 0 aliphatic rings. The first kappa shape index (κ1) is 20.2. The molecule has 2 aromatic carbocycles. The number of hydrogen-bond acceptors (Lipinski definition) is 3. The summed E-state index contributed by atoms with van der Waals surface area (Å²) >= 11 is 11.9. The molecule has 2 N–H and O–H groups in total. The summed E-state index contributed by atoms with van der Waals surface area (Å²) in [5.41, 5.74) is 2.36. The Hall–Kier alpha value is -2.08. The Balaban J connectivity index is 1.76. The Morgan fingerprint density at radius 2 is 1.69 bits per heavy atom. The Labute approximate surface area is 163 Å². The van der Waals surface area contributed by atoms with E-state index >= 15 is 0 Å². The second kappa shape index (κ2) is 9.57. The summed E-state index contributed by atoms with van der Waals surface area (Å²) in [5.74, 6) is -0.324. The van der Waals surface area contributed by atoms with E-state index in [0.717, 1.165) is 11.3 Å². The standard InChI is InChI=1S/C19H21Cl2N3O2/c1-13-3-6-15(7-4-13)22-19(26)12-24(2)10-9-18(25)23-17-11-14(20)5-8-16(17)21/h3-8,11H,9-10,12H2,1-2H3,(H,22,26)(H,23,25). The van der Waals surface area contributed by atoms with Gasteiger partial charge in [0.1, 0.15) is 0 Å². The van der Waals surface area contributed by atoms with E-state index in [2.05, 4.69) is 10.6 Å². The quantitative estimate of drug-likeness (QED) is 0.740. The van der Waals surface area contributed by atoms with Crippen LogP contribution >= 0.6 is 23.2 Å². The van der Waals surface area contributed by atoms with E-state index < -0.39 is 0 Å². The highest BCUT2D eigenvalue weighted by Crippen LogP contribution is 2.25. The van der Waals surface area contributed by atoms with Crippen LogP contribution in [0.4, 0.5) is 11.4 Å². The molecule has 0 spiro atoms. The van der Waals surface area contributed by atoms with E-state index in [-0.39, 0.29) is 24.8 Å². The fourth-order valence-corrected chi connectivity index (χ4v) is 2.60. The third-order valence-electron chi connectivity index (χ3n) is 3.67. The predicted molar refractivity (Wildman–Crippen MR) is 107 cm³/mol. The van der Waals surface area contributed by atoms with Gasteiger partial charge in [-0.2, -0.15) is 0 Å². The Bertz CT molecular complexity index is 779. The minimum atomic E-state index is -0.194. The molecule has 7 heteroatoms. The number of halogens is 2. The number of nitrogens with zero attached hydrogens (tertiary/aromatic N) is 1. The van der Waals surface area contributed by atoms with Crippen LogP contribution in [0.25, 0.3) is 0 Å². The van der Waals surface area contributed by atoms with E-state index in [4.69, 9.17) is 23.2 Å². The highest BCUT2D eigenvalue weighted by Gasteiger charge is 2.11. The molecule has 26 heavy (non-hydrogen) atoms. The van der Waals surface area contributed by atoms with Gasteiger partial charge in [-0.15, -0.1) is 0 Å². The third kappa shape index (κ3) is 6.67. The molecule has 0 heterocycles. The Morgan fingerprint density at radius 3 is 2.38 bits per heavy atom. The lowest BCUT2D eigenvalue weighted by atomic mass is 10.2. The Morgan fingerprint density at radius 1 is 1.00 bits per heavy atom. The molecule has 2 amide bonds. The summed E-state index contributed by atoms with van der Waals surface area (Å²) in [5, 5.41) is 6.47. The number of benzene rings is 2. The first-order chi connectivity index (χ1) is 12.3. The molecule has 5 nitrogen and oxygen atoms in total. The van der Waals surface area contributed by atoms with Crippen molar-refractivity contribution in [2.24, 2.45) is 0 Å². The molecule has 0 aromatic heterocycles. The van der Waals surface area contributed by atoms with E-state index in [1.807, 2.05) is 31.2 Å². The first-order valence-corrected chi connectivity index (χ1v) is 8.89. The average molecular weight is 394 g/mol. The molecule has 0 unspecified atom stereocenters. The van der Waals surface area contributed by atoms with Gasteiger partial charge in [0, 0.05) is 23.7 Å². The zero-order valence-electron chi connectivity index (χ0n) is 14.7. The first-order valence-electron chi connectivity index (χ1n) is 8.13. The van der Waals surface area contributed by atoms with Crippen LogP contribution in [0.5, 0.6) is 0 Å². The molecule has 0 saturated heterocycles. The number of rotatable bonds is 7. The fourth-order valence-electron chi connectivity index (χ4n) is 2.26. The molecule has 0 radical (unpaired) electrons. The van der Waals surface area contributed by atoms with Crippen molar-refractivity contribution >= 4 is 46.4 Å². The minimum absolute atomic E-state index is 0.130. The van der Waals surface area contributed by atoms with Gasteiger partial charge >= 0.3 is 0 Å². The van der Waals surface area contributed by atoms with Crippen LogP contribution in [0, 0.1) is 6.92 Å². The molecular formula is C19H21Cl2N3O2. The van der Waals surface area contributed by atoms with Crippen molar-refractivity contribution in [2.75, 3.05) is 30.8 Å². The highest BCUT2D eigenvalue weighted by molar-refractivity contribution is 6.35. The molecule has 0 aliphatic heterocycles. The Kier molecular flexibility index (Phi) is 7.45. The van der Waals surface area contributed by atoms with Gasteiger partial charge < -0.3 is 10.6 Å². The SMILES string of the molecule is Cc1ccc(NC(=O)CN(C)CCC(=O)Nc2cc(Cl)ccc2Cl)cc1. The van der Waals surface area contributed by atoms with Crippen molar-refractivity contribution in [3.05, 3.63) is 58.1 Å². The van der Waals surface area contributed by atoms with Gasteiger partial charge in [0.2, 0.25) is 11.8 Å². The largest absolute Gasteiger partial charge is 0.325 e. The number of aryl methyl sites for hydroxylation is 1.